The van der Waals surface area contributed by atoms with Crippen LogP contribution in [-0.2, 0) is 0 Å². The van der Waals surface area contributed by atoms with Crippen LogP contribution in [0.4, 0.5) is 0 Å². The molecule has 0 amide bonds. The van der Waals surface area contributed by atoms with Crippen LogP contribution in [0, 0.1) is 5.92 Å². The third kappa shape index (κ3) is 1.86. The predicted octanol–water partition coefficient (Wildman–Crippen LogP) is 3.08. The van der Waals surface area contributed by atoms with Crippen molar-refractivity contribution in [2.24, 2.45) is 10.9 Å². The molecule has 1 unspecified atom stereocenters. The number of rotatable bonds is 2. The van der Waals surface area contributed by atoms with Gasteiger partial charge in [-0.15, -0.1) is 11.8 Å². The summed E-state index contributed by atoms with van der Waals surface area (Å²) < 4.78 is 0. The highest BCUT2D eigenvalue weighted by Crippen LogP contribution is 2.30. The van der Waals surface area contributed by atoms with E-state index in [0.29, 0.717) is 12.0 Å². The van der Waals surface area contributed by atoms with Crippen molar-refractivity contribution in [1.82, 2.24) is 9.97 Å². The number of aromatic nitrogens is 2. The third-order valence-electron chi connectivity index (χ3n) is 3.12. The van der Waals surface area contributed by atoms with Crippen molar-refractivity contribution in [1.29, 1.82) is 0 Å². The highest BCUT2D eigenvalue weighted by molar-refractivity contribution is 8.14. The van der Waals surface area contributed by atoms with E-state index in [4.69, 9.17) is 4.99 Å². The molecular weight excluding hydrogens is 230 g/mol. The number of thioether (sulfide) groups is 1. The van der Waals surface area contributed by atoms with Gasteiger partial charge >= 0.3 is 0 Å². The molecule has 0 fully saturated rings. The fourth-order valence-electron chi connectivity index (χ4n) is 2.01. The predicted molar refractivity (Wildman–Crippen MR) is 73.7 cm³/mol. The Kier molecular flexibility index (Phi) is 2.67. The molecule has 3 nitrogen and oxygen atoms in total. The maximum atomic E-state index is 4.81. The van der Waals surface area contributed by atoms with Crippen LogP contribution in [-0.4, -0.2) is 26.8 Å². The molecule has 0 radical (unpaired) electrons. The second kappa shape index (κ2) is 4.18. The van der Waals surface area contributed by atoms with Crippen molar-refractivity contribution in [3.8, 4) is 0 Å². The SMILES string of the molecule is CC(C)C1CSC(c2c[nH]c3ncccc23)=N1. The van der Waals surface area contributed by atoms with Gasteiger partial charge in [-0.25, -0.2) is 4.98 Å². The molecule has 0 saturated heterocycles. The second-order valence-electron chi connectivity index (χ2n) is 4.66. The Morgan fingerprint density at radius 1 is 1.47 bits per heavy atom. The zero-order chi connectivity index (χ0) is 11.8. The van der Waals surface area contributed by atoms with Gasteiger partial charge in [-0.1, -0.05) is 13.8 Å². The second-order valence-corrected chi connectivity index (χ2v) is 5.67. The topological polar surface area (TPSA) is 41.0 Å². The lowest BCUT2D eigenvalue weighted by Gasteiger charge is -2.07. The van der Waals surface area contributed by atoms with Gasteiger partial charge in [-0.2, -0.15) is 0 Å². The number of pyridine rings is 1. The summed E-state index contributed by atoms with van der Waals surface area (Å²) in [5.74, 6) is 1.71. The number of nitrogens with zero attached hydrogens (tertiary/aromatic N) is 2. The van der Waals surface area contributed by atoms with Gasteiger partial charge in [0.25, 0.3) is 0 Å². The van der Waals surface area contributed by atoms with Crippen LogP contribution in [0.15, 0.2) is 29.5 Å². The molecule has 4 heteroatoms. The van der Waals surface area contributed by atoms with E-state index in [-0.39, 0.29) is 0 Å². The van der Waals surface area contributed by atoms with E-state index in [2.05, 4.69) is 29.9 Å². The minimum absolute atomic E-state index is 0.455. The molecule has 3 rings (SSSR count). The molecule has 1 atom stereocenters. The van der Waals surface area contributed by atoms with E-state index < -0.39 is 0 Å². The first-order valence-electron chi connectivity index (χ1n) is 5.89. The van der Waals surface area contributed by atoms with E-state index in [0.717, 1.165) is 16.4 Å². The van der Waals surface area contributed by atoms with Gasteiger partial charge in [0.1, 0.15) is 10.7 Å². The summed E-state index contributed by atoms with van der Waals surface area (Å²) in [6, 6.07) is 4.52. The van der Waals surface area contributed by atoms with Crippen LogP contribution in [0.5, 0.6) is 0 Å². The number of H-pyrrole nitrogens is 1. The lowest BCUT2D eigenvalue weighted by atomic mass is 10.1. The smallest absolute Gasteiger partial charge is 0.137 e. The molecule has 0 bridgehead atoms. The Morgan fingerprint density at radius 2 is 2.35 bits per heavy atom. The third-order valence-corrected chi connectivity index (χ3v) is 4.23. The Balaban J connectivity index is 2.03. The fraction of sp³-hybridized carbons (Fsp3) is 0.385. The maximum Gasteiger partial charge on any atom is 0.137 e. The zero-order valence-electron chi connectivity index (χ0n) is 9.97. The van der Waals surface area contributed by atoms with Crippen molar-refractivity contribution in [3.63, 3.8) is 0 Å². The van der Waals surface area contributed by atoms with E-state index in [9.17, 15) is 0 Å². The standard InChI is InChI=1S/C13H15N3S/c1-8(2)11-7-17-13(16-11)10-6-15-12-9(10)4-3-5-14-12/h3-6,8,11H,7H2,1-2H3,(H,14,15). The molecule has 1 aliphatic rings. The van der Waals surface area contributed by atoms with Crippen LogP contribution < -0.4 is 0 Å². The molecule has 0 aromatic carbocycles. The van der Waals surface area contributed by atoms with Crippen molar-refractivity contribution in [2.75, 3.05) is 5.75 Å². The van der Waals surface area contributed by atoms with Gasteiger partial charge in [-0.05, 0) is 18.1 Å². The molecule has 1 aliphatic heterocycles. The molecule has 88 valence electrons. The number of aliphatic imine (C=N–C) groups is 1. The van der Waals surface area contributed by atoms with E-state index in [1.807, 2.05) is 30.2 Å². The Bertz CT molecular complexity index is 571. The average molecular weight is 245 g/mol. The van der Waals surface area contributed by atoms with Gasteiger partial charge in [0.2, 0.25) is 0 Å². The van der Waals surface area contributed by atoms with Crippen LogP contribution in [0.1, 0.15) is 19.4 Å². The molecule has 2 aromatic heterocycles. The van der Waals surface area contributed by atoms with E-state index in [1.54, 1.807) is 0 Å². The van der Waals surface area contributed by atoms with Gasteiger partial charge in [0.15, 0.2) is 0 Å². The maximum absolute atomic E-state index is 4.81. The van der Waals surface area contributed by atoms with Crippen molar-refractivity contribution in [2.45, 2.75) is 19.9 Å². The minimum atomic E-state index is 0.455. The molecule has 0 spiro atoms. The first kappa shape index (κ1) is 10.8. The first-order valence-corrected chi connectivity index (χ1v) is 6.87. The summed E-state index contributed by atoms with van der Waals surface area (Å²) in [7, 11) is 0. The molecule has 2 aromatic rings. The number of hydrogen-bond donors (Lipinski definition) is 1. The van der Waals surface area contributed by atoms with Crippen molar-refractivity contribution < 1.29 is 0 Å². The summed E-state index contributed by atoms with van der Waals surface area (Å²) in [6.45, 7) is 4.46. The minimum Gasteiger partial charge on any atom is -0.345 e. The summed E-state index contributed by atoms with van der Waals surface area (Å²) >= 11 is 1.85. The number of fused-ring (bicyclic) bond motifs is 1. The Labute approximate surface area is 105 Å². The molecule has 0 saturated carbocycles. The lowest BCUT2D eigenvalue weighted by molar-refractivity contribution is 0.544. The Morgan fingerprint density at radius 3 is 3.12 bits per heavy atom. The van der Waals surface area contributed by atoms with Gasteiger partial charge in [0, 0.05) is 29.1 Å². The normalized spacial score (nSPS) is 20.2. The van der Waals surface area contributed by atoms with E-state index in [1.165, 1.54) is 10.9 Å². The van der Waals surface area contributed by atoms with Crippen LogP contribution in [0.25, 0.3) is 11.0 Å². The first-order chi connectivity index (χ1) is 8.25. The van der Waals surface area contributed by atoms with Crippen molar-refractivity contribution in [3.05, 3.63) is 30.1 Å². The van der Waals surface area contributed by atoms with Crippen molar-refractivity contribution >= 4 is 27.8 Å². The molecule has 0 aliphatic carbocycles. The molecule has 3 heterocycles. The molecular formula is C13H15N3S. The molecule has 1 N–H and O–H groups in total. The van der Waals surface area contributed by atoms with Crippen LogP contribution >= 0.6 is 11.8 Å². The zero-order valence-corrected chi connectivity index (χ0v) is 10.8. The Hall–Kier alpha value is -1.29. The lowest BCUT2D eigenvalue weighted by Crippen LogP contribution is -2.11. The summed E-state index contributed by atoms with van der Waals surface area (Å²) in [6.07, 6.45) is 3.83. The molecule has 17 heavy (non-hydrogen) atoms. The average Bonchev–Trinajstić information content (AvgIpc) is 2.95. The number of aromatic amines is 1. The monoisotopic (exact) mass is 245 g/mol. The largest absolute Gasteiger partial charge is 0.345 e. The number of nitrogens with one attached hydrogen (secondary N) is 1. The van der Waals surface area contributed by atoms with Gasteiger partial charge in [0.05, 0.1) is 6.04 Å². The summed E-state index contributed by atoms with van der Waals surface area (Å²) in [4.78, 5) is 12.3. The van der Waals surface area contributed by atoms with Gasteiger partial charge < -0.3 is 4.98 Å². The van der Waals surface area contributed by atoms with Crippen LogP contribution in [0.3, 0.4) is 0 Å². The summed E-state index contributed by atoms with van der Waals surface area (Å²) in [5.41, 5.74) is 2.14. The fourth-order valence-corrected chi connectivity index (χ4v) is 3.33. The van der Waals surface area contributed by atoms with E-state index >= 15 is 0 Å². The summed E-state index contributed by atoms with van der Waals surface area (Å²) in [5, 5.41) is 2.33. The quantitative estimate of drug-likeness (QED) is 0.883. The van der Waals surface area contributed by atoms with Crippen LogP contribution in [0.2, 0.25) is 0 Å². The van der Waals surface area contributed by atoms with Gasteiger partial charge in [-0.3, -0.25) is 4.99 Å². The highest BCUT2D eigenvalue weighted by Gasteiger charge is 2.23. The highest BCUT2D eigenvalue weighted by atomic mass is 32.2. The number of hydrogen-bond acceptors (Lipinski definition) is 3.